The fourth-order valence-corrected chi connectivity index (χ4v) is 9.57. The zero-order valence-corrected chi connectivity index (χ0v) is 29.9. The Morgan fingerprint density at radius 1 is 0.327 bits per heavy atom. The van der Waals surface area contributed by atoms with Gasteiger partial charge in [0.15, 0.2) is 0 Å². The molecule has 0 fully saturated rings. The molecule has 1 aliphatic carbocycles. The Balaban J connectivity index is 1.13. The Labute approximate surface area is 318 Å². The molecule has 0 bridgehead atoms. The molecule has 2 heteroatoms. The van der Waals surface area contributed by atoms with Crippen LogP contribution in [-0.4, -0.2) is 9.55 Å². The summed E-state index contributed by atoms with van der Waals surface area (Å²) in [4.78, 5) is 4.69. The smallest absolute Gasteiger partial charge is 0.0709 e. The van der Waals surface area contributed by atoms with Crippen molar-refractivity contribution in [2.75, 3.05) is 0 Å². The summed E-state index contributed by atoms with van der Waals surface area (Å²) < 4.78 is 2.42. The molecule has 11 aromatic rings. The number of nitrogens with zero attached hydrogens (tertiary/aromatic N) is 2. The number of benzene rings is 9. The van der Waals surface area contributed by atoms with Crippen LogP contribution in [0.15, 0.2) is 194 Å². The Hall–Kier alpha value is -7.29. The van der Waals surface area contributed by atoms with Crippen molar-refractivity contribution in [3.63, 3.8) is 0 Å². The summed E-state index contributed by atoms with van der Waals surface area (Å²) in [6, 6.07) is 69.0. The molecule has 0 spiro atoms. The Morgan fingerprint density at radius 2 is 0.909 bits per heavy atom. The fourth-order valence-electron chi connectivity index (χ4n) is 9.57. The Bertz CT molecular complexity index is 3260. The molecule has 0 atom stereocenters. The van der Waals surface area contributed by atoms with Gasteiger partial charge >= 0.3 is 0 Å². The SMILES string of the molecule is c1ccc(-c2c3c(c(-c4ccccc4)c4ccccc24)-c2ccc(-c4cccc(-n5c6ccccc6c6c7cccnc7ccc65)c4)c4cccc-3c24)cc1. The van der Waals surface area contributed by atoms with Crippen LogP contribution in [-0.2, 0) is 0 Å². The average Bonchev–Trinajstić information content (AvgIpc) is 3.77. The lowest BCUT2D eigenvalue weighted by atomic mass is 9.82. The molecule has 2 nitrogen and oxygen atoms in total. The predicted octanol–water partition coefficient (Wildman–Crippen LogP) is 14.3. The summed E-state index contributed by atoms with van der Waals surface area (Å²) in [5, 5.41) is 8.80. The first-order valence-corrected chi connectivity index (χ1v) is 19.0. The van der Waals surface area contributed by atoms with Crippen LogP contribution in [0.3, 0.4) is 0 Å². The molecular formula is C53H32N2. The van der Waals surface area contributed by atoms with Crippen molar-refractivity contribution in [1.82, 2.24) is 9.55 Å². The van der Waals surface area contributed by atoms with Crippen molar-refractivity contribution in [1.29, 1.82) is 0 Å². The molecule has 12 rings (SSSR count). The van der Waals surface area contributed by atoms with E-state index < -0.39 is 0 Å². The van der Waals surface area contributed by atoms with Crippen LogP contribution in [0.5, 0.6) is 0 Å². The van der Waals surface area contributed by atoms with Crippen LogP contribution in [0.25, 0.3) is 116 Å². The van der Waals surface area contributed by atoms with Gasteiger partial charge in [0.25, 0.3) is 0 Å². The molecule has 0 radical (unpaired) electrons. The molecule has 1 aliphatic rings. The van der Waals surface area contributed by atoms with E-state index in [0.717, 1.165) is 11.2 Å². The molecule has 0 N–H and O–H groups in total. The van der Waals surface area contributed by atoms with Crippen LogP contribution in [0.2, 0.25) is 0 Å². The van der Waals surface area contributed by atoms with E-state index in [1.54, 1.807) is 0 Å². The van der Waals surface area contributed by atoms with E-state index in [1.165, 1.54) is 104 Å². The largest absolute Gasteiger partial charge is 0.309 e. The van der Waals surface area contributed by atoms with Crippen molar-refractivity contribution >= 4 is 54.3 Å². The van der Waals surface area contributed by atoms with Gasteiger partial charge in [0.2, 0.25) is 0 Å². The predicted molar refractivity (Wildman–Crippen MR) is 232 cm³/mol. The van der Waals surface area contributed by atoms with E-state index in [4.69, 9.17) is 0 Å². The Kier molecular flexibility index (Phi) is 6.37. The number of fused-ring (bicyclic) bond motifs is 9. The standard InChI is InChI=1S/C53H32N2/c1-3-14-33(15-4-1)48-39-20-7-8-21-40(39)49(34-16-5-2-6-17-34)53-44-28-27-37(38-23-12-24-43(50(38)44)52(48)53)35-18-11-19-36(32-35)55-46-26-10-9-22-42(46)51-41-25-13-31-54-45(41)29-30-47(51)55/h1-32H. The van der Waals surface area contributed by atoms with Gasteiger partial charge in [-0.25, -0.2) is 0 Å². The van der Waals surface area contributed by atoms with Crippen LogP contribution >= 0.6 is 0 Å². The number of aromatic nitrogens is 2. The third-order valence-electron chi connectivity index (χ3n) is 11.8. The van der Waals surface area contributed by atoms with Crippen molar-refractivity contribution in [2.24, 2.45) is 0 Å². The second-order valence-electron chi connectivity index (χ2n) is 14.6. The molecule has 0 aliphatic heterocycles. The summed E-state index contributed by atoms with van der Waals surface area (Å²) in [5.41, 5.74) is 17.3. The third-order valence-corrected chi connectivity index (χ3v) is 11.8. The molecule has 0 saturated heterocycles. The normalized spacial score (nSPS) is 12.0. The van der Waals surface area contributed by atoms with Crippen molar-refractivity contribution < 1.29 is 0 Å². The highest BCUT2D eigenvalue weighted by atomic mass is 15.0. The highest BCUT2D eigenvalue weighted by Crippen LogP contribution is 2.58. The molecule has 0 amide bonds. The monoisotopic (exact) mass is 696 g/mol. The summed E-state index contributed by atoms with van der Waals surface area (Å²) >= 11 is 0. The number of hydrogen-bond donors (Lipinski definition) is 0. The summed E-state index contributed by atoms with van der Waals surface area (Å²) in [6.45, 7) is 0. The highest BCUT2D eigenvalue weighted by molar-refractivity contribution is 6.29. The molecule has 254 valence electrons. The van der Waals surface area contributed by atoms with Crippen LogP contribution in [0.1, 0.15) is 0 Å². The van der Waals surface area contributed by atoms with E-state index in [2.05, 4.69) is 192 Å². The number of pyridine rings is 1. The van der Waals surface area contributed by atoms with Crippen LogP contribution in [0.4, 0.5) is 0 Å². The number of hydrogen-bond acceptors (Lipinski definition) is 1. The summed E-state index contributed by atoms with van der Waals surface area (Å²) in [5.74, 6) is 0. The third kappa shape index (κ3) is 4.28. The topological polar surface area (TPSA) is 17.8 Å². The second-order valence-corrected chi connectivity index (χ2v) is 14.6. The van der Waals surface area contributed by atoms with E-state index in [-0.39, 0.29) is 0 Å². The van der Waals surface area contributed by atoms with E-state index >= 15 is 0 Å². The number of para-hydroxylation sites is 1. The van der Waals surface area contributed by atoms with E-state index in [1.807, 2.05) is 12.3 Å². The van der Waals surface area contributed by atoms with Crippen LogP contribution < -0.4 is 0 Å². The Morgan fingerprint density at radius 3 is 1.65 bits per heavy atom. The lowest BCUT2D eigenvalue weighted by Crippen LogP contribution is -1.94. The number of rotatable bonds is 4. The molecule has 55 heavy (non-hydrogen) atoms. The molecular weight excluding hydrogens is 665 g/mol. The molecule has 0 saturated carbocycles. The first-order chi connectivity index (χ1) is 27.3. The maximum Gasteiger partial charge on any atom is 0.0709 e. The lowest BCUT2D eigenvalue weighted by molar-refractivity contribution is 1.18. The summed E-state index contributed by atoms with van der Waals surface area (Å²) in [6.07, 6.45) is 1.88. The van der Waals surface area contributed by atoms with Crippen molar-refractivity contribution in [3.05, 3.63) is 194 Å². The minimum absolute atomic E-state index is 1.01. The first-order valence-electron chi connectivity index (χ1n) is 19.0. The van der Waals surface area contributed by atoms with E-state index in [9.17, 15) is 0 Å². The quantitative estimate of drug-likeness (QED) is 0.179. The zero-order valence-electron chi connectivity index (χ0n) is 29.9. The van der Waals surface area contributed by atoms with Gasteiger partial charge in [-0.2, -0.15) is 0 Å². The van der Waals surface area contributed by atoms with Gasteiger partial charge in [0.05, 0.1) is 16.6 Å². The minimum atomic E-state index is 1.01. The van der Waals surface area contributed by atoms with Crippen LogP contribution in [0, 0.1) is 0 Å². The molecule has 9 aromatic carbocycles. The lowest BCUT2D eigenvalue weighted by Gasteiger charge is -2.20. The zero-order chi connectivity index (χ0) is 36.0. The average molecular weight is 697 g/mol. The van der Waals surface area contributed by atoms with Crippen molar-refractivity contribution in [2.45, 2.75) is 0 Å². The van der Waals surface area contributed by atoms with E-state index in [0.29, 0.717) is 0 Å². The maximum atomic E-state index is 4.69. The molecule has 2 aromatic heterocycles. The van der Waals surface area contributed by atoms with Gasteiger partial charge in [0, 0.05) is 28.0 Å². The van der Waals surface area contributed by atoms with Gasteiger partial charge in [-0.1, -0.05) is 152 Å². The second kappa shape index (κ2) is 11.6. The summed E-state index contributed by atoms with van der Waals surface area (Å²) in [7, 11) is 0. The minimum Gasteiger partial charge on any atom is -0.309 e. The van der Waals surface area contributed by atoms with Gasteiger partial charge < -0.3 is 4.57 Å². The van der Waals surface area contributed by atoms with Gasteiger partial charge in [-0.05, 0) is 114 Å². The van der Waals surface area contributed by atoms with Crippen molar-refractivity contribution in [3.8, 4) is 61.3 Å². The van der Waals surface area contributed by atoms with Gasteiger partial charge in [-0.15, -0.1) is 0 Å². The molecule has 0 unspecified atom stereocenters. The fraction of sp³-hybridized carbons (Fsp3) is 0. The first kappa shape index (κ1) is 30.2. The highest BCUT2D eigenvalue weighted by Gasteiger charge is 2.31. The van der Waals surface area contributed by atoms with Gasteiger partial charge in [0.1, 0.15) is 0 Å². The maximum absolute atomic E-state index is 4.69. The molecule has 2 heterocycles. The van der Waals surface area contributed by atoms with Gasteiger partial charge in [-0.3, -0.25) is 4.98 Å².